The summed E-state index contributed by atoms with van der Waals surface area (Å²) < 4.78 is 10.5. The number of carbonyl (C=O) groups is 2. The third kappa shape index (κ3) is 4.19. The molecule has 1 amide bonds. The SMILES string of the molecule is COC(=O)CC1(C)CN(C(=O)OC(C)(C)C)c2ccc(C(C)(C)C)cc21. The Morgan fingerprint density at radius 3 is 2.27 bits per heavy atom. The second-order valence-electron chi connectivity index (χ2n) is 9.36. The highest BCUT2D eigenvalue weighted by Gasteiger charge is 2.44. The molecule has 5 nitrogen and oxygen atoms in total. The first-order valence-corrected chi connectivity index (χ1v) is 8.99. The lowest BCUT2D eigenvalue weighted by Gasteiger charge is -2.27. The van der Waals surface area contributed by atoms with Crippen molar-refractivity contribution >= 4 is 17.7 Å². The Balaban J connectivity index is 2.50. The third-order valence-electron chi connectivity index (χ3n) is 4.69. The lowest BCUT2D eigenvalue weighted by molar-refractivity contribution is -0.141. The largest absolute Gasteiger partial charge is 0.469 e. The number of ether oxygens (including phenoxy) is 2. The van der Waals surface area contributed by atoms with Crippen molar-refractivity contribution in [1.29, 1.82) is 0 Å². The second kappa shape index (κ2) is 6.60. The summed E-state index contributed by atoms with van der Waals surface area (Å²) >= 11 is 0. The van der Waals surface area contributed by atoms with Crippen LogP contribution in [-0.4, -0.2) is 31.3 Å². The number of rotatable bonds is 2. The smallest absolute Gasteiger partial charge is 0.414 e. The summed E-state index contributed by atoms with van der Waals surface area (Å²) in [5.41, 5.74) is 1.84. The Kier molecular flexibility index (Phi) is 5.15. The molecule has 144 valence electrons. The zero-order valence-corrected chi connectivity index (χ0v) is 17.2. The van der Waals surface area contributed by atoms with Gasteiger partial charge in [0, 0.05) is 12.0 Å². The maximum Gasteiger partial charge on any atom is 0.414 e. The quantitative estimate of drug-likeness (QED) is 0.725. The molecule has 0 N–H and O–H groups in total. The van der Waals surface area contributed by atoms with E-state index in [4.69, 9.17) is 9.47 Å². The van der Waals surface area contributed by atoms with Crippen LogP contribution in [0.25, 0.3) is 0 Å². The van der Waals surface area contributed by atoms with Gasteiger partial charge in [-0.05, 0) is 43.4 Å². The molecule has 5 heteroatoms. The molecule has 0 saturated heterocycles. The second-order valence-corrected chi connectivity index (χ2v) is 9.36. The van der Waals surface area contributed by atoms with Crippen LogP contribution in [0.3, 0.4) is 0 Å². The van der Waals surface area contributed by atoms with Crippen LogP contribution in [0, 0.1) is 0 Å². The lowest BCUT2D eigenvalue weighted by Crippen LogP contribution is -2.40. The fourth-order valence-electron chi connectivity index (χ4n) is 3.26. The van der Waals surface area contributed by atoms with Crippen molar-refractivity contribution in [3.63, 3.8) is 0 Å². The fraction of sp³-hybridized carbons (Fsp3) is 0.619. The summed E-state index contributed by atoms with van der Waals surface area (Å²) in [6.07, 6.45) is -0.181. The molecule has 0 aliphatic carbocycles. The van der Waals surface area contributed by atoms with Gasteiger partial charge >= 0.3 is 12.1 Å². The molecule has 0 spiro atoms. The number of benzene rings is 1. The topological polar surface area (TPSA) is 55.8 Å². The minimum Gasteiger partial charge on any atom is -0.469 e. The summed E-state index contributed by atoms with van der Waals surface area (Å²) in [5.74, 6) is -0.286. The van der Waals surface area contributed by atoms with Crippen LogP contribution in [-0.2, 0) is 25.1 Å². The molecule has 2 rings (SSSR count). The average Bonchev–Trinajstić information content (AvgIpc) is 2.77. The molecule has 1 aromatic carbocycles. The van der Waals surface area contributed by atoms with E-state index >= 15 is 0 Å². The van der Waals surface area contributed by atoms with E-state index in [1.54, 1.807) is 4.90 Å². The zero-order chi connectivity index (χ0) is 19.9. The molecule has 0 radical (unpaired) electrons. The number of anilines is 1. The molecule has 1 atom stereocenters. The van der Waals surface area contributed by atoms with Gasteiger partial charge in [0.1, 0.15) is 5.60 Å². The van der Waals surface area contributed by atoms with Crippen molar-refractivity contribution in [1.82, 2.24) is 0 Å². The van der Waals surface area contributed by atoms with Crippen LogP contribution >= 0.6 is 0 Å². The summed E-state index contributed by atoms with van der Waals surface area (Å²) in [7, 11) is 1.39. The molecule has 1 aromatic rings. The number of methoxy groups -OCH3 is 1. The fourth-order valence-corrected chi connectivity index (χ4v) is 3.26. The first-order chi connectivity index (χ1) is 11.8. The minimum absolute atomic E-state index is 0.0272. The van der Waals surface area contributed by atoms with E-state index in [-0.39, 0.29) is 17.8 Å². The van der Waals surface area contributed by atoms with Crippen LogP contribution in [0.5, 0.6) is 0 Å². The summed E-state index contributed by atoms with van der Waals surface area (Å²) in [5, 5.41) is 0. The number of carbonyl (C=O) groups excluding carboxylic acids is 2. The molecule has 1 aliphatic heterocycles. The minimum atomic E-state index is -0.579. The Bertz CT molecular complexity index is 712. The van der Waals surface area contributed by atoms with E-state index < -0.39 is 17.1 Å². The summed E-state index contributed by atoms with van der Waals surface area (Å²) in [4.78, 5) is 26.4. The van der Waals surface area contributed by atoms with Crippen LogP contribution < -0.4 is 4.90 Å². The van der Waals surface area contributed by atoms with Crippen LogP contribution in [0.15, 0.2) is 18.2 Å². The van der Waals surface area contributed by atoms with E-state index in [0.29, 0.717) is 6.54 Å². The summed E-state index contributed by atoms with van der Waals surface area (Å²) in [6, 6.07) is 6.12. The van der Waals surface area contributed by atoms with Gasteiger partial charge in [-0.25, -0.2) is 4.79 Å². The van der Waals surface area contributed by atoms with Gasteiger partial charge in [-0.15, -0.1) is 0 Å². The normalized spacial score (nSPS) is 19.9. The summed E-state index contributed by atoms with van der Waals surface area (Å²) in [6.45, 7) is 14.4. The Morgan fingerprint density at radius 1 is 1.15 bits per heavy atom. The third-order valence-corrected chi connectivity index (χ3v) is 4.69. The number of fused-ring (bicyclic) bond motifs is 1. The first kappa shape index (κ1) is 20.3. The van der Waals surface area contributed by atoms with Crippen molar-refractivity contribution in [3.05, 3.63) is 29.3 Å². The molecule has 1 heterocycles. The first-order valence-electron chi connectivity index (χ1n) is 8.99. The van der Waals surface area contributed by atoms with Gasteiger partial charge in [0.05, 0.1) is 19.2 Å². The standard InChI is InChI=1S/C21H31NO4/c1-19(2,3)14-9-10-16-15(11-14)21(7,12-17(23)25-8)13-22(16)18(24)26-20(4,5)6/h9-11H,12-13H2,1-8H3. The maximum atomic E-state index is 12.7. The van der Waals surface area contributed by atoms with Gasteiger partial charge in [0.15, 0.2) is 0 Å². The predicted molar refractivity (Wildman–Crippen MR) is 103 cm³/mol. The van der Waals surface area contributed by atoms with Gasteiger partial charge in [0.2, 0.25) is 0 Å². The van der Waals surface area contributed by atoms with Crippen molar-refractivity contribution in [2.75, 3.05) is 18.6 Å². The molecule has 0 aromatic heterocycles. The van der Waals surface area contributed by atoms with Gasteiger partial charge in [-0.3, -0.25) is 9.69 Å². The number of hydrogen-bond donors (Lipinski definition) is 0. The van der Waals surface area contributed by atoms with Crippen molar-refractivity contribution in [2.24, 2.45) is 0 Å². The van der Waals surface area contributed by atoms with Crippen molar-refractivity contribution in [3.8, 4) is 0 Å². The predicted octanol–water partition coefficient (Wildman–Crippen LogP) is 4.56. The zero-order valence-electron chi connectivity index (χ0n) is 17.2. The van der Waals surface area contributed by atoms with E-state index in [0.717, 1.165) is 11.3 Å². The average molecular weight is 361 g/mol. The number of esters is 1. The Labute approximate surface area is 156 Å². The molecular weight excluding hydrogens is 330 g/mol. The van der Waals surface area contributed by atoms with Gasteiger partial charge in [0.25, 0.3) is 0 Å². The number of hydrogen-bond acceptors (Lipinski definition) is 4. The molecular formula is C21H31NO4. The molecule has 1 aliphatic rings. The van der Waals surface area contributed by atoms with Crippen LogP contribution in [0.2, 0.25) is 0 Å². The van der Waals surface area contributed by atoms with E-state index in [1.807, 2.05) is 39.8 Å². The van der Waals surface area contributed by atoms with Crippen molar-refractivity contribution in [2.45, 2.75) is 71.3 Å². The Morgan fingerprint density at radius 2 is 1.77 bits per heavy atom. The number of nitrogens with zero attached hydrogens (tertiary/aromatic N) is 1. The van der Waals surface area contributed by atoms with Gasteiger partial charge in [-0.2, -0.15) is 0 Å². The molecule has 0 bridgehead atoms. The van der Waals surface area contributed by atoms with Crippen LogP contribution in [0.4, 0.5) is 10.5 Å². The van der Waals surface area contributed by atoms with Gasteiger partial charge in [-0.1, -0.05) is 39.8 Å². The molecule has 0 fully saturated rings. The lowest BCUT2D eigenvalue weighted by atomic mass is 9.78. The van der Waals surface area contributed by atoms with Crippen molar-refractivity contribution < 1.29 is 19.1 Å². The highest BCUT2D eigenvalue weighted by Crippen LogP contribution is 2.45. The maximum absolute atomic E-state index is 12.7. The molecule has 26 heavy (non-hydrogen) atoms. The number of amides is 1. The molecule has 1 unspecified atom stereocenters. The van der Waals surface area contributed by atoms with E-state index in [2.05, 4.69) is 26.8 Å². The van der Waals surface area contributed by atoms with E-state index in [1.165, 1.54) is 12.7 Å². The Hall–Kier alpha value is -2.04. The monoisotopic (exact) mass is 361 g/mol. The van der Waals surface area contributed by atoms with Gasteiger partial charge < -0.3 is 9.47 Å². The molecule has 0 saturated carbocycles. The highest BCUT2D eigenvalue weighted by molar-refractivity contribution is 5.92. The highest BCUT2D eigenvalue weighted by atomic mass is 16.6. The van der Waals surface area contributed by atoms with Crippen LogP contribution in [0.1, 0.15) is 66.0 Å². The van der Waals surface area contributed by atoms with E-state index in [9.17, 15) is 9.59 Å².